The highest BCUT2D eigenvalue weighted by molar-refractivity contribution is 5.94. The highest BCUT2D eigenvalue weighted by Gasteiger charge is 2.53. The number of carbonyl (C=O) groups excluding carboxylic acids is 1. The van der Waals surface area contributed by atoms with E-state index in [0.717, 1.165) is 18.0 Å². The van der Waals surface area contributed by atoms with Gasteiger partial charge in [-0.25, -0.2) is 0 Å². The van der Waals surface area contributed by atoms with Gasteiger partial charge in [0.15, 0.2) is 0 Å². The zero-order chi connectivity index (χ0) is 14.0. The van der Waals surface area contributed by atoms with Crippen LogP contribution in [0.15, 0.2) is 24.3 Å². The Kier molecular flexibility index (Phi) is 3.50. The number of benzene rings is 1. The highest BCUT2D eigenvalue weighted by atomic mass is 16.1. The van der Waals surface area contributed by atoms with Crippen LogP contribution >= 0.6 is 0 Å². The van der Waals surface area contributed by atoms with E-state index in [-0.39, 0.29) is 5.91 Å². The van der Waals surface area contributed by atoms with Gasteiger partial charge in [0.1, 0.15) is 0 Å². The van der Waals surface area contributed by atoms with Crippen molar-refractivity contribution < 1.29 is 4.79 Å². The Balaban J connectivity index is 1.56. The number of hydrogen-bond acceptors (Lipinski definition) is 2. The first kappa shape index (κ1) is 13.2. The predicted octanol–water partition coefficient (Wildman–Crippen LogP) is 1.92. The second kappa shape index (κ2) is 5.30. The Hall–Kier alpha value is -1.79. The van der Waals surface area contributed by atoms with Gasteiger partial charge in [-0.2, -0.15) is 0 Å². The molecule has 20 heavy (non-hydrogen) atoms. The lowest BCUT2D eigenvalue weighted by molar-refractivity contribution is 0.0942. The summed E-state index contributed by atoms with van der Waals surface area (Å²) in [6.07, 6.45) is 5.27. The number of rotatable bonds is 4. The Bertz CT molecular complexity index is 557. The summed E-state index contributed by atoms with van der Waals surface area (Å²) in [7, 11) is 0. The average Bonchev–Trinajstić information content (AvgIpc) is 3.36. The molecule has 0 saturated heterocycles. The van der Waals surface area contributed by atoms with Crippen molar-refractivity contribution in [1.82, 2.24) is 5.32 Å². The third kappa shape index (κ3) is 2.86. The molecule has 104 valence electrons. The first-order valence-corrected chi connectivity index (χ1v) is 7.31. The summed E-state index contributed by atoms with van der Waals surface area (Å²) in [5, 5.41) is 3.09. The molecule has 2 fully saturated rings. The van der Waals surface area contributed by atoms with E-state index in [0.29, 0.717) is 17.5 Å². The van der Waals surface area contributed by atoms with E-state index in [1.165, 1.54) is 25.7 Å². The lowest BCUT2D eigenvalue weighted by Gasteiger charge is -2.14. The summed E-state index contributed by atoms with van der Waals surface area (Å²) in [6.45, 7) is 1.19. The van der Waals surface area contributed by atoms with E-state index in [1.807, 2.05) is 24.3 Å². The van der Waals surface area contributed by atoms with E-state index in [2.05, 4.69) is 17.2 Å². The van der Waals surface area contributed by atoms with Crippen molar-refractivity contribution in [1.29, 1.82) is 0 Å². The Labute approximate surface area is 119 Å². The molecule has 3 N–H and O–H groups in total. The summed E-state index contributed by atoms with van der Waals surface area (Å²) in [5.41, 5.74) is 7.37. The molecule has 2 saturated carbocycles. The highest BCUT2D eigenvalue weighted by Crippen LogP contribution is 2.60. The van der Waals surface area contributed by atoms with Crippen LogP contribution in [0.2, 0.25) is 0 Å². The first-order chi connectivity index (χ1) is 9.73. The van der Waals surface area contributed by atoms with Crippen LogP contribution in [-0.4, -0.2) is 19.0 Å². The van der Waals surface area contributed by atoms with Gasteiger partial charge in [0.25, 0.3) is 5.91 Å². The first-order valence-electron chi connectivity index (χ1n) is 7.31. The van der Waals surface area contributed by atoms with Crippen molar-refractivity contribution in [3.63, 3.8) is 0 Å². The monoisotopic (exact) mass is 268 g/mol. The van der Waals surface area contributed by atoms with Crippen LogP contribution in [0.1, 0.15) is 41.6 Å². The minimum absolute atomic E-state index is 0.0234. The Morgan fingerprint density at radius 3 is 2.55 bits per heavy atom. The van der Waals surface area contributed by atoms with Crippen molar-refractivity contribution in [2.75, 3.05) is 13.1 Å². The fraction of sp³-hybridized carbons (Fsp3) is 0.471. The largest absolute Gasteiger partial charge is 0.351 e. The molecule has 0 bridgehead atoms. The maximum atomic E-state index is 12.1. The molecule has 3 heteroatoms. The molecule has 3 rings (SSSR count). The minimum atomic E-state index is 0.0234. The zero-order valence-electron chi connectivity index (χ0n) is 11.6. The maximum Gasteiger partial charge on any atom is 0.251 e. The van der Waals surface area contributed by atoms with Gasteiger partial charge in [0, 0.05) is 17.7 Å². The van der Waals surface area contributed by atoms with Gasteiger partial charge < -0.3 is 11.1 Å². The van der Waals surface area contributed by atoms with Crippen LogP contribution in [0.3, 0.4) is 0 Å². The van der Waals surface area contributed by atoms with Crippen molar-refractivity contribution in [2.24, 2.45) is 17.1 Å². The molecule has 0 spiro atoms. The Morgan fingerprint density at radius 2 is 2.00 bits per heavy atom. The van der Waals surface area contributed by atoms with Gasteiger partial charge in [-0.1, -0.05) is 11.8 Å². The molecule has 0 aromatic heterocycles. The fourth-order valence-electron chi connectivity index (χ4n) is 2.80. The minimum Gasteiger partial charge on any atom is -0.351 e. The molecule has 2 aliphatic rings. The van der Waals surface area contributed by atoms with Crippen molar-refractivity contribution in [3.05, 3.63) is 35.4 Å². The SMILES string of the molecule is NCC#Cc1ccc(C(=O)NCC2(C3CC3)CC2)cc1. The van der Waals surface area contributed by atoms with Gasteiger partial charge in [-0.15, -0.1) is 0 Å². The van der Waals surface area contributed by atoms with Crippen LogP contribution < -0.4 is 11.1 Å². The average molecular weight is 268 g/mol. The molecular weight excluding hydrogens is 248 g/mol. The summed E-state index contributed by atoms with van der Waals surface area (Å²) >= 11 is 0. The van der Waals surface area contributed by atoms with E-state index in [9.17, 15) is 4.79 Å². The van der Waals surface area contributed by atoms with Crippen molar-refractivity contribution >= 4 is 5.91 Å². The van der Waals surface area contributed by atoms with E-state index in [4.69, 9.17) is 5.73 Å². The number of nitrogens with one attached hydrogen (secondary N) is 1. The number of hydrogen-bond donors (Lipinski definition) is 2. The normalized spacial score (nSPS) is 18.9. The third-order valence-electron chi connectivity index (χ3n) is 4.42. The molecule has 3 nitrogen and oxygen atoms in total. The Morgan fingerprint density at radius 1 is 1.30 bits per heavy atom. The van der Waals surface area contributed by atoms with Gasteiger partial charge in [0.05, 0.1) is 6.54 Å². The second-order valence-corrected chi connectivity index (χ2v) is 5.90. The molecule has 0 atom stereocenters. The predicted molar refractivity (Wildman–Crippen MR) is 79.1 cm³/mol. The van der Waals surface area contributed by atoms with Crippen LogP contribution in [0.25, 0.3) is 0 Å². The summed E-state index contributed by atoms with van der Waals surface area (Å²) in [4.78, 5) is 12.1. The topological polar surface area (TPSA) is 55.1 Å². The molecule has 0 aliphatic heterocycles. The molecule has 0 heterocycles. The third-order valence-corrected chi connectivity index (χ3v) is 4.42. The molecule has 1 aromatic rings. The summed E-state index contributed by atoms with van der Waals surface area (Å²) in [6, 6.07) is 7.38. The standard InChI is InChI=1S/C17H20N2O/c18-11-1-2-13-3-5-14(6-4-13)16(20)19-12-17(9-10-17)15-7-8-15/h3-6,15H,7-12,18H2,(H,19,20). The lowest BCUT2D eigenvalue weighted by atomic mass is 10.0. The summed E-state index contributed by atoms with van der Waals surface area (Å²) in [5.74, 6) is 6.65. The van der Waals surface area contributed by atoms with Gasteiger partial charge >= 0.3 is 0 Å². The number of carbonyl (C=O) groups is 1. The van der Waals surface area contributed by atoms with Crippen LogP contribution in [0, 0.1) is 23.2 Å². The molecular formula is C17H20N2O. The molecule has 0 unspecified atom stereocenters. The molecule has 0 radical (unpaired) electrons. The van der Waals surface area contributed by atoms with Crippen molar-refractivity contribution in [2.45, 2.75) is 25.7 Å². The van der Waals surface area contributed by atoms with Gasteiger partial charge in [-0.05, 0) is 61.3 Å². The molecule has 1 amide bonds. The van der Waals surface area contributed by atoms with Crippen LogP contribution in [0.5, 0.6) is 0 Å². The zero-order valence-corrected chi connectivity index (χ0v) is 11.6. The van der Waals surface area contributed by atoms with E-state index < -0.39 is 0 Å². The van der Waals surface area contributed by atoms with Crippen molar-refractivity contribution in [3.8, 4) is 11.8 Å². The van der Waals surface area contributed by atoms with Gasteiger partial charge in [0.2, 0.25) is 0 Å². The quantitative estimate of drug-likeness (QED) is 0.820. The van der Waals surface area contributed by atoms with E-state index in [1.54, 1.807) is 0 Å². The van der Waals surface area contributed by atoms with Crippen LogP contribution in [0.4, 0.5) is 0 Å². The number of nitrogens with two attached hydrogens (primary N) is 1. The number of amides is 1. The van der Waals surface area contributed by atoms with Gasteiger partial charge in [-0.3, -0.25) is 4.79 Å². The molecule has 1 aromatic carbocycles. The van der Waals surface area contributed by atoms with Crippen LogP contribution in [-0.2, 0) is 0 Å². The van der Waals surface area contributed by atoms with E-state index >= 15 is 0 Å². The lowest BCUT2D eigenvalue weighted by Crippen LogP contribution is -2.31. The second-order valence-electron chi connectivity index (χ2n) is 5.90. The fourth-order valence-corrected chi connectivity index (χ4v) is 2.80. The smallest absolute Gasteiger partial charge is 0.251 e. The molecule has 2 aliphatic carbocycles. The maximum absolute atomic E-state index is 12.1. The summed E-state index contributed by atoms with van der Waals surface area (Å²) < 4.78 is 0.